The number of hydrogen-bond acceptors (Lipinski definition) is 4. The van der Waals surface area contributed by atoms with Crippen molar-refractivity contribution in [2.75, 3.05) is 18.1 Å². The van der Waals surface area contributed by atoms with Gasteiger partial charge in [0.15, 0.2) is 0 Å². The van der Waals surface area contributed by atoms with Crippen molar-refractivity contribution in [1.82, 2.24) is 5.32 Å². The molecule has 2 amide bonds. The maximum absolute atomic E-state index is 12.7. The van der Waals surface area contributed by atoms with Gasteiger partial charge in [-0.2, -0.15) is 0 Å². The van der Waals surface area contributed by atoms with Gasteiger partial charge in [-0.15, -0.1) is 0 Å². The normalized spacial score (nSPS) is 13.1. The summed E-state index contributed by atoms with van der Waals surface area (Å²) < 4.78 is 11.6. The molecule has 0 bridgehead atoms. The van der Waals surface area contributed by atoms with Gasteiger partial charge >= 0.3 is 0 Å². The number of nitrogens with zero attached hydrogens (tertiary/aromatic N) is 1. The Morgan fingerprint density at radius 1 is 1.03 bits per heavy atom. The molecule has 31 heavy (non-hydrogen) atoms. The predicted molar refractivity (Wildman–Crippen MR) is 118 cm³/mol. The summed E-state index contributed by atoms with van der Waals surface area (Å²) in [4.78, 5) is 26.7. The van der Waals surface area contributed by atoms with Gasteiger partial charge in [0, 0.05) is 12.1 Å². The zero-order chi connectivity index (χ0) is 21.6. The molecule has 0 spiro atoms. The van der Waals surface area contributed by atoms with Crippen LogP contribution in [0.1, 0.15) is 17.5 Å². The van der Waals surface area contributed by atoms with E-state index in [0.717, 1.165) is 16.9 Å². The molecular formula is C25H24N2O4. The first-order valence-electron chi connectivity index (χ1n) is 10.2. The van der Waals surface area contributed by atoms with Crippen molar-refractivity contribution in [2.45, 2.75) is 19.9 Å². The number of fused-ring (bicyclic) bond motifs is 1. The number of ether oxygens (including phenoxy) is 2. The van der Waals surface area contributed by atoms with Gasteiger partial charge in [-0.05, 0) is 37.3 Å². The Hall–Kier alpha value is -3.80. The van der Waals surface area contributed by atoms with Gasteiger partial charge in [0.05, 0.1) is 18.7 Å². The number of nitrogens with one attached hydrogen (secondary N) is 1. The first-order chi connectivity index (χ1) is 15.1. The highest BCUT2D eigenvalue weighted by Gasteiger charge is 2.25. The number of hydrogen-bond donors (Lipinski definition) is 1. The lowest BCUT2D eigenvalue weighted by atomic mass is 10.2. The van der Waals surface area contributed by atoms with Crippen molar-refractivity contribution in [2.24, 2.45) is 0 Å². The molecule has 0 unspecified atom stereocenters. The van der Waals surface area contributed by atoms with Crippen LogP contribution in [0.5, 0.6) is 17.2 Å². The molecule has 0 radical (unpaired) electrons. The average molecular weight is 416 g/mol. The topological polar surface area (TPSA) is 67.9 Å². The first-order valence-corrected chi connectivity index (χ1v) is 10.2. The average Bonchev–Trinajstić information content (AvgIpc) is 2.93. The molecule has 0 fully saturated rings. The summed E-state index contributed by atoms with van der Waals surface area (Å²) >= 11 is 0. The van der Waals surface area contributed by atoms with Crippen molar-refractivity contribution in [1.29, 1.82) is 0 Å². The molecule has 4 rings (SSSR count). The quantitative estimate of drug-likeness (QED) is 0.653. The third-order valence-electron chi connectivity index (χ3n) is 5.03. The maximum atomic E-state index is 12.7. The molecule has 0 aliphatic carbocycles. The summed E-state index contributed by atoms with van der Waals surface area (Å²) in [5, 5.41) is 2.90. The van der Waals surface area contributed by atoms with Gasteiger partial charge in [-0.1, -0.05) is 48.0 Å². The van der Waals surface area contributed by atoms with Crippen LogP contribution in [0.25, 0.3) is 0 Å². The Morgan fingerprint density at radius 2 is 1.77 bits per heavy atom. The van der Waals surface area contributed by atoms with Crippen LogP contribution >= 0.6 is 0 Å². The summed E-state index contributed by atoms with van der Waals surface area (Å²) in [6.45, 7) is 2.55. The smallest absolute Gasteiger partial charge is 0.240 e. The molecule has 1 aliphatic heterocycles. The highest BCUT2D eigenvalue weighted by molar-refractivity contribution is 6.00. The molecule has 6 heteroatoms. The van der Waals surface area contributed by atoms with E-state index in [1.807, 2.05) is 67.6 Å². The number of rotatable bonds is 6. The zero-order valence-corrected chi connectivity index (χ0v) is 17.3. The van der Waals surface area contributed by atoms with Crippen LogP contribution in [0.4, 0.5) is 5.69 Å². The largest absolute Gasteiger partial charge is 0.491 e. The van der Waals surface area contributed by atoms with E-state index in [1.165, 1.54) is 4.90 Å². The monoisotopic (exact) mass is 416 g/mol. The number of para-hydroxylation sites is 3. The Kier molecular flexibility index (Phi) is 6.17. The van der Waals surface area contributed by atoms with Crippen LogP contribution in [0.2, 0.25) is 0 Å². The van der Waals surface area contributed by atoms with Crippen molar-refractivity contribution in [3.63, 3.8) is 0 Å². The number of carbonyl (C=O) groups excluding carboxylic acids is 2. The van der Waals surface area contributed by atoms with Gasteiger partial charge in [0.25, 0.3) is 0 Å². The summed E-state index contributed by atoms with van der Waals surface area (Å²) in [5.74, 6) is 1.63. The second-order valence-corrected chi connectivity index (χ2v) is 7.35. The first kappa shape index (κ1) is 20.5. The summed E-state index contributed by atoms with van der Waals surface area (Å²) in [6.07, 6.45) is 0.231. The van der Waals surface area contributed by atoms with Gasteiger partial charge in [0.1, 0.15) is 23.8 Å². The fraction of sp³-hybridized carbons (Fsp3) is 0.200. The molecule has 0 atom stereocenters. The molecule has 3 aromatic carbocycles. The number of carbonyl (C=O) groups is 2. The third-order valence-corrected chi connectivity index (χ3v) is 5.03. The fourth-order valence-electron chi connectivity index (χ4n) is 3.37. The van der Waals surface area contributed by atoms with Crippen LogP contribution in [0.15, 0.2) is 72.8 Å². The van der Waals surface area contributed by atoms with Crippen LogP contribution in [-0.2, 0) is 16.1 Å². The maximum Gasteiger partial charge on any atom is 0.240 e. The SMILES string of the molecule is Cc1ccc(Oc2ccccc2CNC(=O)CN2C(=O)CCOc3ccccc32)cc1. The zero-order valence-electron chi connectivity index (χ0n) is 17.3. The van der Waals surface area contributed by atoms with Gasteiger partial charge in [-0.25, -0.2) is 0 Å². The number of aryl methyl sites for hydroxylation is 1. The lowest BCUT2D eigenvalue weighted by Gasteiger charge is -2.21. The fourth-order valence-corrected chi connectivity index (χ4v) is 3.37. The molecule has 3 aromatic rings. The van der Waals surface area contributed by atoms with Gasteiger partial charge < -0.3 is 14.8 Å². The van der Waals surface area contributed by atoms with Gasteiger partial charge in [0.2, 0.25) is 11.8 Å². The van der Waals surface area contributed by atoms with Gasteiger partial charge in [-0.3, -0.25) is 14.5 Å². The molecule has 158 valence electrons. The second-order valence-electron chi connectivity index (χ2n) is 7.35. The van der Waals surface area contributed by atoms with Crippen molar-refractivity contribution < 1.29 is 19.1 Å². The standard InChI is InChI=1S/C25H24N2O4/c1-18-10-12-20(13-11-18)31-22-8-4-2-6-19(22)16-26-24(28)17-27-21-7-3-5-9-23(21)30-15-14-25(27)29/h2-13H,14-17H2,1H3,(H,26,28). The highest BCUT2D eigenvalue weighted by atomic mass is 16.5. The molecule has 0 saturated carbocycles. The highest BCUT2D eigenvalue weighted by Crippen LogP contribution is 2.31. The molecule has 1 aliphatic rings. The van der Waals surface area contributed by atoms with E-state index in [9.17, 15) is 9.59 Å². The van der Waals surface area contributed by atoms with E-state index in [2.05, 4.69) is 5.32 Å². The Labute approximate surface area is 181 Å². The Morgan fingerprint density at radius 3 is 2.61 bits per heavy atom. The third kappa shape index (κ3) is 5.04. The molecular weight excluding hydrogens is 392 g/mol. The van der Waals surface area contributed by atoms with Crippen LogP contribution in [0, 0.1) is 6.92 Å². The van der Waals surface area contributed by atoms with E-state index in [-0.39, 0.29) is 24.8 Å². The van der Waals surface area contributed by atoms with E-state index in [4.69, 9.17) is 9.47 Å². The van der Waals surface area contributed by atoms with Crippen molar-refractivity contribution >= 4 is 17.5 Å². The summed E-state index contributed by atoms with van der Waals surface area (Å²) in [6, 6.07) is 22.6. The minimum atomic E-state index is -0.254. The van der Waals surface area contributed by atoms with Crippen LogP contribution in [0.3, 0.4) is 0 Å². The minimum absolute atomic E-state index is 0.0693. The van der Waals surface area contributed by atoms with E-state index >= 15 is 0 Å². The second kappa shape index (κ2) is 9.34. The van der Waals surface area contributed by atoms with Crippen molar-refractivity contribution in [3.8, 4) is 17.2 Å². The summed E-state index contributed by atoms with van der Waals surface area (Å²) in [7, 11) is 0. The minimum Gasteiger partial charge on any atom is -0.491 e. The number of anilines is 1. The Balaban J connectivity index is 1.42. The van der Waals surface area contributed by atoms with E-state index in [0.29, 0.717) is 30.3 Å². The van der Waals surface area contributed by atoms with E-state index in [1.54, 1.807) is 12.1 Å². The molecule has 0 saturated heterocycles. The van der Waals surface area contributed by atoms with Crippen molar-refractivity contribution in [3.05, 3.63) is 83.9 Å². The van der Waals surface area contributed by atoms with Crippen LogP contribution in [-0.4, -0.2) is 25.0 Å². The number of amides is 2. The predicted octanol–water partition coefficient (Wildman–Crippen LogP) is 4.22. The summed E-state index contributed by atoms with van der Waals surface area (Å²) in [5.41, 5.74) is 2.62. The molecule has 6 nitrogen and oxygen atoms in total. The number of benzene rings is 3. The Bertz CT molecular complexity index is 1080. The van der Waals surface area contributed by atoms with E-state index < -0.39 is 0 Å². The lowest BCUT2D eigenvalue weighted by molar-refractivity contribution is -0.124. The molecule has 0 aromatic heterocycles. The lowest BCUT2D eigenvalue weighted by Crippen LogP contribution is -2.40. The van der Waals surface area contributed by atoms with Crippen LogP contribution < -0.4 is 19.7 Å². The molecule has 1 N–H and O–H groups in total. The molecule has 1 heterocycles.